The summed E-state index contributed by atoms with van der Waals surface area (Å²) in [7, 11) is 0. The molecule has 0 aliphatic heterocycles. The Hall–Kier alpha value is -1.86. The van der Waals surface area contributed by atoms with Gasteiger partial charge in [0.05, 0.1) is 12.5 Å². The van der Waals surface area contributed by atoms with E-state index in [0.29, 0.717) is 10.7 Å². The van der Waals surface area contributed by atoms with Crippen molar-refractivity contribution < 1.29 is 14.3 Å². The summed E-state index contributed by atoms with van der Waals surface area (Å²) in [5.74, 6) is -0.823. The van der Waals surface area contributed by atoms with Crippen molar-refractivity contribution in [3.05, 3.63) is 40.7 Å². The summed E-state index contributed by atoms with van der Waals surface area (Å²) in [6.45, 7) is 2.09. The van der Waals surface area contributed by atoms with Crippen LogP contribution in [0.3, 0.4) is 0 Å². The molecule has 22 heavy (non-hydrogen) atoms. The minimum Gasteiger partial charge on any atom is -0.388 e. The zero-order valence-electron chi connectivity index (χ0n) is 12.3. The number of aliphatic hydroxyl groups excluding tert-OH is 1. The van der Waals surface area contributed by atoms with Crippen LogP contribution in [0.1, 0.15) is 42.9 Å². The van der Waals surface area contributed by atoms with Crippen molar-refractivity contribution in [1.29, 1.82) is 0 Å². The number of rotatable bonds is 7. The number of aryl methyl sites for hydroxylation is 1. The maximum atomic E-state index is 13.1. The highest BCUT2D eigenvalue weighted by atomic mass is 32.1. The fourth-order valence-electron chi connectivity index (χ4n) is 1.91. The Kier molecular flexibility index (Phi) is 5.97. The maximum Gasteiger partial charge on any atom is 0.229 e. The summed E-state index contributed by atoms with van der Waals surface area (Å²) in [6.07, 6.45) is 1.73. The predicted octanol–water partition coefficient (Wildman–Crippen LogP) is 3.08. The number of nitrogens with one attached hydrogen (secondary N) is 1. The van der Waals surface area contributed by atoms with E-state index < -0.39 is 11.9 Å². The Bertz CT molecular complexity index is 633. The van der Waals surface area contributed by atoms with E-state index in [9.17, 15) is 14.3 Å². The fraction of sp³-hybridized carbons (Fsp3) is 0.400. The number of amides is 1. The zero-order valence-corrected chi connectivity index (χ0v) is 13.1. The molecule has 5 nitrogen and oxygen atoms in total. The molecule has 2 aromatic rings. The average Bonchev–Trinajstić information content (AvgIpc) is 2.92. The van der Waals surface area contributed by atoms with Crippen LogP contribution >= 0.6 is 11.3 Å². The summed E-state index contributed by atoms with van der Waals surface area (Å²) >= 11 is 1.33. The molecule has 2 rings (SSSR count). The highest BCUT2D eigenvalue weighted by molar-refractivity contribution is 7.15. The van der Waals surface area contributed by atoms with Gasteiger partial charge in [0.1, 0.15) is 10.8 Å². The van der Waals surface area contributed by atoms with Gasteiger partial charge in [0, 0.05) is 6.42 Å². The number of carbonyl (C=O) groups excluding carboxylic acids is 1. The molecule has 7 heteroatoms. The van der Waals surface area contributed by atoms with Gasteiger partial charge in [-0.15, -0.1) is 10.2 Å². The Balaban J connectivity index is 1.88. The smallest absolute Gasteiger partial charge is 0.229 e. The average molecular weight is 323 g/mol. The molecule has 1 aromatic carbocycles. The lowest BCUT2D eigenvalue weighted by molar-refractivity contribution is -0.118. The van der Waals surface area contributed by atoms with E-state index in [1.54, 1.807) is 6.07 Å². The molecule has 118 valence electrons. The van der Waals surface area contributed by atoms with Gasteiger partial charge in [-0.1, -0.05) is 36.8 Å². The van der Waals surface area contributed by atoms with Gasteiger partial charge in [-0.25, -0.2) is 4.39 Å². The van der Waals surface area contributed by atoms with Gasteiger partial charge in [0.15, 0.2) is 0 Å². The lowest BCUT2D eigenvalue weighted by atomic mass is 10.1. The third-order valence-corrected chi connectivity index (χ3v) is 3.97. The molecule has 1 unspecified atom stereocenters. The number of benzene rings is 1. The summed E-state index contributed by atoms with van der Waals surface area (Å²) in [5, 5.41) is 21.8. The van der Waals surface area contributed by atoms with Gasteiger partial charge in [0.2, 0.25) is 11.0 Å². The summed E-state index contributed by atoms with van der Waals surface area (Å²) in [6, 6.07) is 5.58. The molecule has 1 atom stereocenters. The fourth-order valence-corrected chi connectivity index (χ4v) is 2.71. The first kappa shape index (κ1) is 16.5. The summed E-state index contributed by atoms with van der Waals surface area (Å²) in [5.41, 5.74) is 0.371. The lowest BCUT2D eigenvalue weighted by Gasteiger charge is -2.10. The van der Waals surface area contributed by atoms with Crippen LogP contribution in [0.4, 0.5) is 9.52 Å². The van der Waals surface area contributed by atoms with Crippen molar-refractivity contribution in [3.63, 3.8) is 0 Å². The molecule has 0 spiro atoms. The number of hydrogen-bond donors (Lipinski definition) is 2. The first-order valence-corrected chi connectivity index (χ1v) is 7.96. The van der Waals surface area contributed by atoms with Crippen LogP contribution in [-0.4, -0.2) is 21.2 Å². The first-order valence-electron chi connectivity index (χ1n) is 7.14. The molecule has 0 aliphatic rings. The molecule has 0 aliphatic carbocycles. The minimum absolute atomic E-state index is 0.159. The van der Waals surface area contributed by atoms with Crippen molar-refractivity contribution in [2.45, 2.75) is 38.7 Å². The number of aliphatic hydroxyl groups is 1. The van der Waals surface area contributed by atoms with E-state index in [1.165, 1.54) is 29.5 Å². The molecular weight excluding hydrogens is 305 g/mol. The Morgan fingerprint density at radius 1 is 1.45 bits per heavy atom. The van der Waals surface area contributed by atoms with E-state index in [1.807, 2.05) is 0 Å². The van der Waals surface area contributed by atoms with E-state index >= 15 is 0 Å². The summed E-state index contributed by atoms with van der Waals surface area (Å²) in [4.78, 5) is 11.9. The SMILES string of the molecule is CCCCc1nnc(NC(=O)CC(O)c2cccc(F)c2)s1. The third kappa shape index (κ3) is 4.85. The molecule has 0 saturated heterocycles. The largest absolute Gasteiger partial charge is 0.388 e. The van der Waals surface area contributed by atoms with Crippen LogP contribution in [0.5, 0.6) is 0 Å². The van der Waals surface area contributed by atoms with Crippen molar-refractivity contribution in [3.8, 4) is 0 Å². The van der Waals surface area contributed by atoms with Crippen molar-refractivity contribution in [1.82, 2.24) is 10.2 Å². The topological polar surface area (TPSA) is 75.1 Å². The van der Waals surface area contributed by atoms with E-state index in [-0.39, 0.29) is 12.3 Å². The number of nitrogens with zero attached hydrogens (tertiary/aromatic N) is 2. The Labute approximate surface area is 132 Å². The zero-order chi connectivity index (χ0) is 15.9. The second-order valence-electron chi connectivity index (χ2n) is 4.93. The standard InChI is InChI=1S/C15H18FN3O2S/c1-2-3-7-14-18-19-15(22-14)17-13(21)9-12(20)10-5-4-6-11(16)8-10/h4-6,8,12,20H,2-3,7,9H2,1H3,(H,17,19,21). The van der Waals surface area contributed by atoms with Crippen molar-refractivity contribution in [2.24, 2.45) is 0 Å². The number of unbranched alkanes of at least 4 members (excludes halogenated alkanes) is 1. The molecule has 1 aromatic heterocycles. The predicted molar refractivity (Wildman–Crippen MR) is 83.1 cm³/mol. The highest BCUT2D eigenvalue weighted by Gasteiger charge is 2.15. The van der Waals surface area contributed by atoms with Gasteiger partial charge in [-0.2, -0.15) is 0 Å². The van der Waals surface area contributed by atoms with Crippen LogP contribution in [0.25, 0.3) is 0 Å². The molecule has 0 bridgehead atoms. The van der Waals surface area contributed by atoms with Crippen LogP contribution in [-0.2, 0) is 11.2 Å². The quantitative estimate of drug-likeness (QED) is 0.821. The monoisotopic (exact) mass is 323 g/mol. The molecule has 2 N–H and O–H groups in total. The summed E-state index contributed by atoms with van der Waals surface area (Å²) < 4.78 is 13.1. The van der Waals surface area contributed by atoms with Crippen LogP contribution in [0.15, 0.2) is 24.3 Å². The number of hydrogen-bond acceptors (Lipinski definition) is 5. The van der Waals surface area contributed by atoms with Gasteiger partial charge < -0.3 is 10.4 Å². The van der Waals surface area contributed by atoms with Crippen LogP contribution < -0.4 is 5.32 Å². The maximum absolute atomic E-state index is 13.1. The van der Waals surface area contributed by atoms with E-state index in [4.69, 9.17) is 0 Å². The number of carbonyl (C=O) groups is 1. The highest BCUT2D eigenvalue weighted by Crippen LogP contribution is 2.20. The number of halogens is 1. The van der Waals surface area contributed by atoms with Crippen LogP contribution in [0.2, 0.25) is 0 Å². The van der Waals surface area contributed by atoms with Gasteiger partial charge in [-0.3, -0.25) is 4.79 Å². The number of anilines is 1. The Morgan fingerprint density at radius 2 is 2.27 bits per heavy atom. The molecule has 0 radical (unpaired) electrons. The van der Waals surface area contributed by atoms with Crippen molar-refractivity contribution in [2.75, 3.05) is 5.32 Å². The molecular formula is C15H18FN3O2S. The van der Waals surface area contributed by atoms with Gasteiger partial charge in [0.25, 0.3) is 0 Å². The second-order valence-corrected chi connectivity index (χ2v) is 5.99. The first-order chi connectivity index (χ1) is 10.6. The second kappa shape index (κ2) is 7.95. The molecule has 1 heterocycles. The molecule has 1 amide bonds. The molecule has 0 saturated carbocycles. The normalized spacial score (nSPS) is 12.1. The van der Waals surface area contributed by atoms with Gasteiger partial charge in [-0.05, 0) is 24.1 Å². The third-order valence-electron chi connectivity index (χ3n) is 3.07. The Morgan fingerprint density at radius 3 is 3.00 bits per heavy atom. The number of aromatic nitrogens is 2. The van der Waals surface area contributed by atoms with E-state index in [2.05, 4.69) is 22.4 Å². The van der Waals surface area contributed by atoms with Crippen molar-refractivity contribution >= 4 is 22.4 Å². The van der Waals surface area contributed by atoms with Crippen LogP contribution in [0, 0.1) is 5.82 Å². The van der Waals surface area contributed by atoms with E-state index in [0.717, 1.165) is 24.3 Å². The molecule has 0 fully saturated rings. The lowest BCUT2D eigenvalue weighted by Crippen LogP contribution is -2.15. The van der Waals surface area contributed by atoms with Gasteiger partial charge >= 0.3 is 0 Å². The minimum atomic E-state index is -1.05.